The zero-order valence-electron chi connectivity index (χ0n) is 12.3. The highest BCUT2D eigenvalue weighted by Crippen LogP contribution is 2.33. The molecule has 20 heavy (non-hydrogen) atoms. The zero-order chi connectivity index (χ0) is 14.4. The van der Waals surface area contributed by atoms with Crippen LogP contribution in [0.3, 0.4) is 0 Å². The van der Waals surface area contributed by atoms with Crippen molar-refractivity contribution in [2.45, 2.75) is 51.5 Å². The highest BCUT2D eigenvalue weighted by molar-refractivity contribution is 5.69. The average molecular weight is 275 g/mol. The summed E-state index contributed by atoms with van der Waals surface area (Å²) in [5.41, 5.74) is 2.66. The molecular weight excluding hydrogens is 250 g/mol. The van der Waals surface area contributed by atoms with Gasteiger partial charge in [0.15, 0.2) is 0 Å². The fourth-order valence-electron chi connectivity index (χ4n) is 3.13. The Morgan fingerprint density at radius 1 is 1.25 bits per heavy atom. The fourth-order valence-corrected chi connectivity index (χ4v) is 3.13. The van der Waals surface area contributed by atoms with Crippen LogP contribution >= 0.6 is 0 Å². The molecule has 0 aromatic heterocycles. The smallest absolute Gasteiger partial charge is 0.317 e. The van der Waals surface area contributed by atoms with E-state index >= 15 is 0 Å². The number of carbonyl (C=O) groups is 1. The van der Waals surface area contributed by atoms with Gasteiger partial charge in [0, 0.05) is 6.54 Å². The van der Waals surface area contributed by atoms with Crippen molar-refractivity contribution < 1.29 is 9.90 Å². The van der Waals surface area contributed by atoms with Crippen LogP contribution in [0.5, 0.6) is 0 Å². The van der Waals surface area contributed by atoms with Crippen molar-refractivity contribution in [1.82, 2.24) is 4.90 Å². The van der Waals surface area contributed by atoms with Gasteiger partial charge < -0.3 is 5.11 Å². The molecule has 0 unspecified atom stereocenters. The first-order valence-corrected chi connectivity index (χ1v) is 7.72. The number of nitrogens with zero attached hydrogens (tertiary/aromatic N) is 1. The van der Waals surface area contributed by atoms with Gasteiger partial charge in [-0.15, -0.1) is 0 Å². The van der Waals surface area contributed by atoms with Gasteiger partial charge in [0.05, 0.1) is 6.54 Å². The second kappa shape index (κ2) is 7.44. The molecule has 1 aliphatic carbocycles. The minimum atomic E-state index is -0.749. The lowest BCUT2D eigenvalue weighted by molar-refractivity contribution is -0.138. The van der Waals surface area contributed by atoms with E-state index in [1.54, 1.807) is 0 Å². The zero-order valence-corrected chi connectivity index (χ0v) is 12.3. The molecule has 0 heterocycles. The molecule has 0 atom stereocenters. The third-order valence-corrected chi connectivity index (χ3v) is 4.11. The van der Waals surface area contributed by atoms with Crippen molar-refractivity contribution in [3.63, 3.8) is 0 Å². The minimum absolute atomic E-state index is 0.123. The lowest BCUT2D eigenvalue weighted by atomic mass is 9.96. The molecule has 0 saturated heterocycles. The molecule has 1 fully saturated rings. The van der Waals surface area contributed by atoms with E-state index in [1.165, 1.54) is 36.8 Å². The molecular formula is C17H25NO2. The van der Waals surface area contributed by atoms with Crippen LogP contribution in [0.2, 0.25) is 0 Å². The molecule has 0 aliphatic heterocycles. The molecule has 1 aromatic rings. The van der Waals surface area contributed by atoms with Crippen molar-refractivity contribution >= 4 is 5.97 Å². The molecule has 1 aliphatic rings. The maximum atomic E-state index is 10.9. The van der Waals surface area contributed by atoms with Gasteiger partial charge in [0.25, 0.3) is 0 Å². The first-order chi connectivity index (χ1) is 9.69. The third kappa shape index (κ3) is 4.34. The van der Waals surface area contributed by atoms with E-state index < -0.39 is 5.97 Å². The number of carboxylic acids is 1. The first-order valence-electron chi connectivity index (χ1n) is 7.72. The van der Waals surface area contributed by atoms with Crippen molar-refractivity contribution in [3.05, 3.63) is 35.4 Å². The standard InChI is InChI=1S/C17H25NO2/c1-2-11-18(13-17(19)20)12-14-7-9-16(10-8-14)15-5-3-4-6-15/h7-10,15H,2-6,11-13H2,1H3,(H,19,20). The van der Waals surface area contributed by atoms with Crippen LogP contribution in [0.15, 0.2) is 24.3 Å². The van der Waals surface area contributed by atoms with Crippen LogP contribution < -0.4 is 0 Å². The highest BCUT2D eigenvalue weighted by Gasteiger charge is 2.17. The van der Waals surface area contributed by atoms with Crippen LogP contribution in [0.1, 0.15) is 56.1 Å². The van der Waals surface area contributed by atoms with Gasteiger partial charge in [0.2, 0.25) is 0 Å². The molecule has 1 saturated carbocycles. The van der Waals surface area contributed by atoms with Crippen LogP contribution in [-0.4, -0.2) is 29.1 Å². The number of hydrogen-bond acceptors (Lipinski definition) is 2. The largest absolute Gasteiger partial charge is 0.480 e. The summed E-state index contributed by atoms with van der Waals surface area (Å²) in [7, 11) is 0. The second-order valence-corrected chi connectivity index (χ2v) is 5.83. The summed E-state index contributed by atoms with van der Waals surface area (Å²) in [5, 5.41) is 8.93. The first kappa shape index (κ1) is 15.0. The summed E-state index contributed by atoms with van der Waals surface area (Å²) in [6.45, 7) is 3.76. The van der Waals surface area contributed by atoms with Gasteiger partial charge in [-0.25, -0.2) is 0 Å². The van der Waals surface area contributed by atoms with Gasteiger partial charge in [0.1, 0.15) is 0 Å². The highest BCUT2D eigenvalue weighted by atomic mass is 16.4. The average Bonchev–Trinajstić information content (AvgIpc) is 2.93. The monoisotopic (exact) mass is 275 g/mol. The molecule has 2 rings (SSSR count). The predicted molar refractivity (Wildman–Crippen MR) is 80.9 cm³/mol. The molecule has 3 nitrogen and oxygen atoms in total. The molecule has 1 N–H and O–H groups in total. The number of aliphatic carboxylic acids is 1. The van der Waals surface area contributed by atoms with E-state index in [0.29, 0.717) is 0 Å². The lowest BCUT2D eigenvalue weighted by Crippen LogP contribution is -2.30. The van der Waals surface area contributed by atoms with Crippen LogP contribution in [0.4, 0.5) is 0 Å². The van der Waals surface area contributed by atoms with Gasteiger partial charge in [-0.05, 0) is 42.9 Å². The summed E-state index contributed by atoms with van der Waals surface area (Å²) in [6, 6.07) is 8.79. The van der Waals surface area contributed by atoms with Gasteiger partial charge in [-0.3, -0.25) is 9.69 Å². The third-order valence-electron chi connectivity index (χ3n) is 4.11. The Hall–Kier alpha value is -1.35. The number of carboxylic acid groups (broad SMARTS) is 1. The lowest BCUT2D eigenvalue weighted by Gasteiger charge is -2.20. The topological polar surface area (TPSA) is 40.5 Å². The minimum Gasteiger partial charge on any atom is -0.480 e. The summed E-state index contributed by atoms with van der Waals surface area (Å²) in [5.74, 6) is -0.00385. The fraction of sp³-hybridized carbons (Fsp3) is 0.588. The Bertz CT molecular complexity index is 421. The Labute approximate surface area is 121 Å². The molecule has 0 amide bonds. The van der Waals surface area contributed by atoms with E-state index in [4.69, 9.17) is 5.11 Å². The second-order valence-electron chi connectivity index (χ2n) is 5.83. The van der Waals surface area contributed by atoms with Crippen molar-refractivity contribution in [1.29, 1.82) is 0 Å². The van der Waals surface area contributed by atoms with Crippen LogP contribution in [-0.2, 0) is 11.3 Å². The molecule has 0 bridgehead atoms. The van der Waals surface area contributed by atoms with E-state index in [0.717, 1.165) is 25.4 Å². The van der Waals surface area contributed by atoms with E-state index in [2.05, 4.69) is 31.2 Å². The molecule has 1 aromatic carbocycles. The Balaban J connectivity index is 1.95. The van der Waals surface area contributed by atoms with Gasteiger partial charge >= 0.3 is 5.97 Å². The quantitative estimate of drug-likeness (QED) is 0.826. The molecule has 110 valence electrons. The molecule has 0 radical (unpaired) electrons. The van der Waals surface area contributed by atoms with E-state index in [1.807, 2.05) is 4.90 Å². The number of benzene rings is 1. The number of rotatable bonds is 7. The Morgan fingerprint density at radius 2 is 1.90 bits per heavy atom. The maximum absolute atomic E-state index is 10.9. The Morgan fingerprint density at radius 3 is 2.45 bits per heavy atom. The van der Waals surface area contributed by atoms with Crippen molar-refractivity contribution in [3.8, 4) is 0 Å². The summed E-state index contributed by atoms with van der Waals surface area (Å²) in [6.07, 6.45) is 6.33. The normalized spacial score (nSPS) is 15.9. The van der Waals surface area contributed by atoms with E-state index in [9.17, 15) is 4.79 Å². The Kier molecular flexibility index (Phi) is 5.60. The van der Waals surface area contributed by atoms with Crippen LogP contribution in [0.25, 0.3) is 0 Å². The van der Waals surface area contributed by atoms with Gasteiger partial charge in [-0.1, -0.05) is 44.0 Å². The molecule has 3 heteroatoms. The van der Waals surface area contributed by atoms with Crippen LogP contribution in [0, 0.1) is 0 Å². The SMILES string of the molecule is CCCN(CC(=O)O)Cc1ccc(C2CCCC2)cc1. The maximum Gasteiger partial charge on any atom is 0.317 e. The van der Waals surface area contributed by atoms with Crippen molar-refractivity contribution in [2.24, 2.45) is 0 Å². The van der Waals surface area contributed by atoms with E-state index in [-0.39, 0.29) is 6.54 Å². The summed E-state index contributed by atoms with van der Waals surface area (Å²) in [4.78, 5) is 12.9. The number of hydrogen-bond donors (Lipinski definition) is 1. The summed E-state index contributed by atoms with van der Waals surface area (Å²) < 4.78 is 0. The predicted octanol–water partition coefficient (Wildman–Crippen LogP) is 3.64. The summed E-state index contributed by atoms with van der Waals surface area (Å²) >= 11 is 0. The van der Waals surface area contributed by atoms with Crippen molar-refractivity contribution in [2.75, 3.05) is 13.1 Å². The van der Waals surface area contributed by atoms with Gasteiger partial charge in [-0.2, -0.15) is 0 Å². The molecule has 0 spiro atoms.